The molecule has 0 heterocycles. The second kappa shape index (κ2) is 7.09. The molecular formula is C11H13Cl3FNO2S. The van der Waals surface area contributed by atoms with E-state index in [9.17, 15) is 12.8 Å². The van der Waals surface area contributed by atoms with Crippen LogP contribution in [0, 0.1) is 5.82 Å². The zero-order chi connectivity index (χ0) is 14.6. The van der Waals surface area contributed by atoms with E-state index in [0.717, 1.165) is 18.6 Å². The molecule has 0 spiro atoms. The zero-order valence-corrected chi connectivity index (χ0v) is 13.2. The first-order valence-corrected chi connectivity index (χ1v) is 8.24. The summed E-state index contributed by atoms with van der Waals surface area (Å²) < 4.78 is 39.7. The van der Waals surface area contributed by atoms with Crippen LogP contribution in [0.25, 0.3) is 0 Å². The second-order valence-electron chi connectivity index (χ2n) is 3.91. The van der Waals surface area contributed by atoms with E-state index in [0.29, 0.717) is 6.42 Å². The second-order valence-corrected chi connectivity index (χ2v) is 7.05. The van der Waals surface area contributed by atoms with Crippen molar-refractivity contribution in [3.8, 4) is 0 Å². The summed E-state index contributed by atoms with van der Waals surface area (Å²) in [5, 5.41) is -1.08. The Morgan fingerprint density at radius 3 is 2.58 bits per heavy atom. The van der Waals surface area contributed by atoms with Crippen molar-refractivity contribution in [1.29, 1.82) is 0 Å². The summed E-state index contributed by atoms with van der Waals surface area (Å²) in [6.07, 6.45) is 1.51. The van der Waals surface area contributed by atoms with Crippen LogP contribution in [0.1, 0.15) is 19.8 Å². The van der Waals surface area contributed by atoms with Crippen LogP contribution >= 0.6 is 34.8 Å². The Kier molecular flexibility index (Phi) is 6.33. The summed E-state index contributed by atoms with van der Waals surface area (Å²) in [6.45, 7) is 1.99. The Morgan fingerprint density at radius 2 is 2.00 bits per heavy atom. The van der Waals surface area contributed by atoms with E-state index in [4.69, 9.17) is 34.8 Å². The Hall–Kier alpha value is -0.0700. The molecule has 108 valence electrons. The molecule has 0 aromatic heterocycles. The molecule has 1 aromatic rings. The van der Waals surface area contributed by atoms with Crippen LogP contribution in [0.2, 0.25) is 10.0 Å². The van der Waals surface area contributed by atoms with Gasteiger partial charge in [-0.25, -0.2) is 17.5 Å². The lowest BCUT2D eigenvalue weighted by Gasteiger charge is -2.12. The minimum atomic E-state index is -3.91. The smallest absolute Gasteiger partial charge is 0.210 e. The monoisotopic (exact) mass is 347 g/mol. The highest BCUT2D eigenvalue weighted by Gasteiger charge is 2.22. The van der Waals surface area contributed by atoms with Gasteiger partial charge in [0.25, 0.3) is 0 Å². The normalized spacial score (nSPS) is 13.5. The number of hydrogen-bond donors (Lipinski definition) is 1. The van der Waals surface area contributed by atoms with Crippen LogP contribution in [-0.4, -0.2) is 20.3 Å². The standard InChI is InChI=1S/C11H13Cl3FNO2S/c1-2-3-7(12)6-16-19(17,18)9-5-4-8(13)11(15)10(9)14/h4-5,7,16H,2-3,6H2,1H3. The number of benzene rings is 1. The van der Waals surface area contributed by atoms with E-state index in [2.05, 4.69) is 4.72 Å². The third-order valence-corrected chi connectivity index (χ3v) is 5.00. The van der Waals surface area contributed by atoms with Gasteiger partial charge in [0.2, 0.25) is 10.0 Å². The van der Waals surface area contributed by atoms with Gasteiger partial charge in [0.15, 0.2) is 5.82 Å². The third-order valence-electron chi connectivity index (χ3n) is 2.39. The quantitative estimate of drug-likeness (QED) is 0.627. The van der Waals surface area contributed by atoms with E-state index >= 15 is 0 Å². The maximum absolute atomic E-state index is 13.5. The number of sulfonamides is 1. The summed E-state index contributed by atoms with van der Waals surface area (Å²) in [6, 6.07) is 2.29. The van der Waals surface area contributed by atoms with Gasteiger partial charge in [-0.3, -0.25) is 0 Å². The predicted octanol–water partition coefficient (Wildman–Crippen LogP) is 3.82. The Morgan fingerprint density at radius 1 is 1.37 bits per heavy atom. The van der Waals surface area contributed by atoms with Gasteiger partial charge in [-0.15, -0.1) is 11.6 Å². The summed E-state index contributed by atoms with van der Waals surface area (Å²) in [7, 11) is -3.91. The highest BCUT2D eigenvalue weighted by molar-refractivity contribution is 7.89. The number of nitrogens with one attached hydrogen (secondary N) is 1. The minimum Gasteiger partial charge on any atom is -0.210 e. The van der Waals surface area contributed by atoms with Crippen molar-refractivity contribution in [3.05, 3.63) is 28.0 Å². The van der Waals surface area contributed by atoms with E-state index < -0.39 is 20.9 Å². The van der Waals surface area contributed by atoms with Crippen molar-refractivity contribution in [3.63, 3.8) is 0 Å². The third kappa shape index (κ3) is 4.46. The summed E-state index contributed by atoms with van der Waals surface area (Å²) in [5.74, 6) is -0.956. The van der Waals surface area contributed by atoms with Crippen molar-refractivity contribution < 1.29 is 12.8 Å². The zero-order valence-electron chi connectivity index (χ0n) is 10.1. The van der Waals surface area contributed by atoms with Crippen LogP contribution in [0.15, 0.2) is 17.0 Å². The molecule has 8 heteroatoms. The number of halogens is 4. The van der Waals surface area contributed by atoms with Crippen LogP contribution < -0.4 is 4.72 Å². The van der Waals surface area contributed by atoms with Crippen LogP contribution in [0.5, 0.6) is 0 Å². The van der Waals surface area contributed by atoms with E-state index in [1.54, 1.807) is 0 Å². The average Bonchev–Trinajstić information content (AvgIpc) is 2.34. The van der Waals surface area contributed by atoms with E-state index in [1.165, 1.54) is 0 Å². The highest BCUT2D eigenvalue weighted by Crippen LogP contribution is 2.29. The van der Waals surface area contributed by atoms with Gasteiger partial charge in [0.1, 0.15) is 4.90 Å². The average molecular weight is 349 g/mol. The molecule has 0 radical (unpaired) electrons. The predicted molar refractivity (Wildman–Crippen MR) is 76.2 cm³/mol. The minimum absolute atomic E-state index is 0.0539. The molecule has 1 aromatic carbocycles. The van der Waals surface area contributed by atoms with Gasteiger partial charge < -0.3 is 0 Å². The first-order valence-electron chi connectivity index (χ1n) is 5.56. The first kappa shape index (κ1) is 17.0. The molecule has 0 aliphatic heterocycles. The van der Waals surface area contributed by atoms with Crippen LogP contribution in [-0.2, 0) is 10.0 Å². The molecule has 1 atom stereocenters. The Labute approximate surface area is 127 Å². The number of alkyl halides is 1. The van der Waals surface area contributed by atoms with E-state index in [1.807, 2.05) is 6.92 Å². The van der Waals surface area contributed by atoms with Crippen molar-refractivity contribution >= 4 is 44.8 Å². The largest absolute Gasteiger partial charge is 0.242 e. The number of rotatable bonds is 6. The van der Waals surface area contributed by atoms with E-state index in [-0.39, 0.29) is 21.8 Å². The van der Waals surface area contributed by atoms with Gasteiger partial charge in [-0.1, -0.05) is 36.5 Å². The fourth-order valence-electron chi connectivity index (χ4n) is 1.41. The molecule has 19 heavy (non-hydrogen) atoms. The van der Waals surface area contributed by atoms with Gasteiger partial charge in [0, 0.05) is 11.9 Å². The summed E-state index contributed by atoms with van der Waals surface area (Å²) in [5.41, 5.74) is 0. The lowest BCUT2D eigenvalue weighted by Crippen LogP contribution is -2.30. The molecule has 1 N–H and O–H groups in total. The van der Waals surface area contributed by atoms with Gasteiger partial charge >= 0.3 is 0 Å². The van der Waals surface area contributed by atoms with Crippen LogP contribution in [0.3, 0.4) is 0 Å². The summed E-state index contributed by atoms with van der Waals surface area (Å²) in [4.78, 5) is -0.351. The molecule has 0 fully saturated rings. The topological polar surface area (TPSA) is 46.2 Å². The van der Waals surface area contributed by atoms with Crippen molar-refractivity contribution in [2.24, 2.45) is 0 Å². The SMILES string of the molecule is CCCC(Cl)CNS(=O)(=O)c1ccc(Cl)c(F)c1Cl. The molecule has 0 bridgehead atoms. The summed E-state index contributed by atoms with van der Waals surface area (Å²) >= 11 is 17.1. The van der Waals surface area contributed by atoms with Gasteiger partial charge in [0.05, 0.1) is 10.0 Å². The molecule has 0 amide bonds. The molecule has 0 aliphatic rings. The van der Waals surface area contributed by atoms with Gasteiger partial charge in [-0.05, 0) is 18.6 Å². The lowest BCUT2D eigenvalue weighted by molar-refractivity contribution is 0.573. The fourth-order valence-corrected chi connectivity index (χ4v) is 3.62. The maximum atomic E-state index is 13.5. The molecule has 0 saturated carbocycles. The molecule has 3 nitrogen and oxygen atoms in total. The van der Waals surface area contributed by atoms with Crippen molar-refractivity contribution in [2.45, 2.75) is 30.0 Å². The molecule has 1 unspecified atom stereocenters. The first-order chi connectivity index (χ1) is 8.79. The fraction of sp³-hybridized carbons (Fsp3) is 0.455. The highest BCUT2D eigenvalue weighted by atomic mass is 35.5. The Bertz CT molecular complexity index is 551. The lowest BCUT2D eigenvalue weighted by atomic mass is 10.2. The Balaban J connectivity index is 2.92. The molecule has 1 rings (SSSR count). The molecule has 0 aliphatic carbocycles. The maximum Gasteiger partial charge on any atom is 0.242 e. The molecular weight excluding hydrogens is 336 g/mol. The van der Waals surface area contributed by atoms with Crippen molar-refractivity contribution in [2.75, 3.05) is 6.54 Å². The number of hydrogen-bond acceptors (Lipinski definition) is 2. The molecule has 0 saturated heterocycles. The van der Waals surface area contributed by atoms with Crippen molar-refractivity contribution in [1.82, 2.24) is 4.72 Å². The van der Waals surface area contributed by atoms with Crippen LogP contribution in [0.4, 0.5) is 4.39 Å². The van der Waals surface area contributed by atoms with Gasteiger partial charge in [-0.2, -0.15) is 0 Å².